The first-order chi connectivity index (χ1) is 19.8. The second-order valence-corrected chi connectivity index (χ2v) is 14.0. The lowest BCUT2D eigenvalue weighted by Crippen LogP contribution is -2.81. The molecule has 0 amide bonds. The van der Waals surface area contributed by atoms with Crippen LogP contribution in [-0.4, -0.2) is 111 Å². The molecule has 11 nitrogen and oxygen atoms in total. The number of likely N-dealkylation sites (tertiary alicyclic amines) is 1. The van der Waals surface area contributed by atoms with E-state index in [1.165, 1.54) is 27.9 Å². The van der Waals surface area contributed by atoms with Crippen molar-refractivity contribution < 1.29 is 47.9 Å². The topological polar surface area (TPSA) is 130 Å². The number of nitrogens with zero attached hydrogens (tertiary/aromatic N) is 1. The maximum absolute atomic E-state index is 13.2. The van der Waals surface area contributed by atoms with Gasteiger partial charge in [-0.2, -0.15) is 0 Å². The minimum atomic E-state index is -1.70. The van der Waals surface area contributed by atoms with Crippen LogP contribution in [0, 0.1) is 40.4 Å². The van der Waals surface area contributed by atoms with Crippen molar-refractivity contribution in [1.29, 1.82) is 0 Å². The molecule has 15 atom stereocenters. The molecule has 6 aliphatic rings. The molecule has 0 radical (unpaired) electrons. The van der Waals surface area contributed by atoms with Gasteiger partial charge in [0.15, 0.2) is 11.7 Å². The summed E-state index contributed by atoms with van der Waals surface area (Å²) in [6.45, 7) is 9.31. The van der Waals surface area contributed by atoms with Crippen LogP contribution < -0.4 is 0 Å². The molecule has 1 unspecified atom stereocenters. The predicted molar refractivity (Wildman–Crippen MR) is 147 cm³/mol. The van der Waals surface area contributed by atoms with Crippen molar-refractivity contribution in [2.45, 2.75) is 102 Å². The molecular weight excluding hydrogens is 546 g/mol. The summed E-state index contributed by atoms with van der Waals surface area (Å²) >= 11 is 0. The van der Waals surface area contributed by atoms with Crippen LogP contribution in [0.25, 0.3) is 0 Å². The Morgan fingerprint density at radius 2 is 1.55 bits per heavy atom. The van der Waals surface area contributed by atoms with Gasteiger partial charge in [0.05, 0.1) is 12.2 Å². The summed E-state index contributed by atoms with van der Waals surface area (Å²) in [5, 5.41) is 12.7. The van der Waals surface area contributed by atoms with Gasteiger partial charge in [0.2, 0.25) is 0 Å². The third-order valence-corrected chi connectivity index (χ3v) is 12.9. The van der Waals surface area contributed by atoms with Gasteiger partial charge in [0.1, 0.15) is 17.8 Å². The van der Waals surface area contributed by atoms with Crippen molar-refractivity contribution in [1.82, 2.24) is 4.90 Å². The average Bonchev–Trinajstić information content (AvgIpc) is 3.29. The number of hydrogen-bond acceptors (Lipinski definition) is 11. The lowest BCUT2D eigenvalue weighted by atomic mass is 9.41. The van der Waals surface area contributed by atoms with Gasteiger partial charge in [-0.25, -0.2) is 0 Å². The molecule has 11 heteroatoms. The molecule has 42 heavy (non-hydrogen) atoms. The summed E-state index contributed by atoms with van der Waals surface area (Å²) in [7, 11) is 7.01. The summed E-state index contributed by atoms with van der Waals surface area (Å²) in [6, 6.07) is -0.195. The molecule has 1 saturated heterocycles. The average molecular weight is 594 g/mol. The normalized spacial score (nSPS) is 53.4. The van der Waals surface area contributed by atoms with Crippen molar-refractivity contribution in [3.05, 3.63) is 0 Å². The first-order valence-electron chi connectivity index (χ1n) is 15.3. The largest absolute Gasteiger partial charge is 0.459 e. The van der Waals surface area contributed by atoms with Crippen molar-refractivity contribution >= 4 is 17.9 Å². The molecule has 1 spiro atoms. The van der Waals surface area contributed by atoms with E-state index in [1.54, 1.807) is 14.2 Å². The second-order valence-electron chi connectivity index (χ2n) is 14.0. The van der Waals surface area contributed by atoms with Gasteiger partial charge in [-0.15, -0.1) is 0 Å². The highest BCUT2D eigenvalue weighted by Crippen LogP contribution is 2.81. The van der Waals surface area contributed by atoms with E-state index in [4.69, 9.17) is 28.4 Å². The zero-order valence-electron chi connectivity index (χ0n) is 26.2. The third-order valence-electron chi connectivity index (χ3n) is 12.9. The molecule has 6 rings (SSSR count). The zero-order chi connectivity index (χ0) is 30.7. The highest BCUT2D eigenvalue weighted by molar-refractivity contribution is 5.69. The molecule has 7 bridgehead atoms. The van der Waals surface area contributed by atoms with Crippen LogP contribution in [0.4, 0.5) is 0 Å². The van der Waals surface area contributed by atoms with Crippen LogP contribution in [0.5, 0.6) is 0 Å². The van der Waals surface area contributed by atoms with Crippen LogP contribution in [0.2, 0.25) is 0 Å². The first-order valence-corrected chi connectivity index (χ1v) is 15.3. The number of carbonyl (C=O) groups is 3. The lowest BCUT2D eigenvalue weighted by Gasteiger charge is -2.70. The maximum Gasteiger partial charge on any atom is 0.303 e. The number of rotatable bonds is 7. The Bertz CT molecular complexity index is 1160. The van der Waals surface area contributed by atoms with Crippen LogP contribution in [0.15, 0.2) is 0 Å². The highest BCUT2D eigenvalue weighted by Gasteiger charge is 2.92. The fraction of sp³-hybridized carbons (Fsp3) is 0.903. The first kappa shape index (κ1) is 30.2. The minimum Gasteiger partial charge on any atom is -0.459 e. The Labute approximate surface area is 247 Å². The fourth-order valence-electron chi connectivity index (χ4n) is 12.4. The molecule has 1 aliphatic heterocycles. The standard InChI is InChI=1S/C31H47NO10/c1-10-28-13-32(6)24-21-22(38-8)23(28)30(24,19(37-7)11-14(28)2)18-12-29(36)25(40-15(3)33)20(18)31(21,42-17(5)35)27(26(29)39-9)41-16(4)34/h14,18-27,36H,10-13H2,1-9H3/t14-,18-,19+,20-,21?,22+,23-,24-,25-,26+,27+,28-,29-,30+,31-/m1/s1. The lowest BCUT2D eigenvalue weighted by molar-refractivity contribution is -0.321. The summed E-state index contributed by atoms with van der Waals surface area (Å²) in [6.07, 6.45) is -2.02. The minimum absolute atomic E-state index is 0.0118. The molecule has 5 aliphatic carbocycles. The van der Waals surface area contributed by atoms with Crippen LogP contribution in [0.1, 0.15) is 53.9 Å². The number of fused-ring (bicyclic) bond motifs is 2. The van der Waals surface area contributed by atoms with Gasteiger partial charge in [-0.1, -0.05) is 13.8 Å². The van der Waals surface area contributed by atoms with Crippen LogP contribution in [0.3, 0.4) is 0 Å². The molecular formula is C31H47NO10. The number of ether oxygens (including phenoxy) is 6. The van der Waals surface area contributed by atoms with Gasteiger partial charge in [0.25, 0.3) is 0 Å². The van der Waals surface area contributed by atoms with Crippen molar-refractivity contribution in [2.24, 2.45) is 40.4 Å². The molecule has 0 aromatic carbocycles. The fourth-order valence-corrected chi connectivity index (χ4v) is 12.4. The second kappa shape index (κ2) is 9.60. The molecule has 1 heterocycles. The predicted octanol–water partition coefficient (Wildman–Crippen LogP) is 1.57. The Hall–Kier alpha value is -1.79. The Kier molecular flexibility index (Phi) is 6.92. The summed E-state index contributed by atoms with van der Waals surface area (Å²) in [4.78, 5) is 41.1. The molecule has 0 aromatic heterocycles. The van der Waals surface area contributed by atoms with E-state index in [2.05, 4.69) is 25.8 Å². The van der Waals surface area contributed by atoms with Crippen molar-refractivity contribution in [3.8, 4) is 0 Å². The van der Waals surface area contributed by atoms with Gasteiger partial charge in [0, 0.05) is 77.9 Å². The summed E-state index contributed by atoms with van der Waals surface area (Å²) in [5.74, 6) is -2.94. The van der Waals surface area contributed by atoms with E-state index in [-0.39, 0.29) is 35.8 Å². The maximum atomic E-state index is 13.2. The van der Waals surface area contributed by atoms with E-state index < -0.39 is 70.8 Å². The Morgan fingerprint density at radius 3 is 2.07 bits per heavy atom. The molecule has 6 fully saturated rings. The Balaban J connectivity index is 1.74. The van der Waals surface area contributed by atoms with E-state index in [1.807, 2.05) is 0 Å². The zero-order valence-corrected chi connectivity index (χ0v) is 26.2. The quantitative estimate of drug-likeness (QED) is 0.341. The van der Waals surface area contributed by atoms with Gasteiger partial charge < -0.3 is 38.4 Å². The SMILES string of the molecule is CC[C@]12CN(C)[C@@H]3C4[C@H](OC)[C@H]1[C@@]3([C@@H](OC)C[C@H]2C)[C@@H]1C[C@@]2(O)[C@H](OC(C)=O)[C@@H]1[C@]4(OC(C)=O)[C@@H](OC(C)=O)[C@@H]2OC. The van der Waals surface area contributed by atoms with Crippen molar-refractivity contribution in [2.75, 3.05) is 34.9 Å². The molecule has 5 saturated carbocycles. The van der Waals surface area contributed by atoms with Crippen LogP contribution in [-0.2, 0) is 42.8 Å². The molecule has 1 N–H and O–H groups in total. The van der Waals surface area contributed by atoms with E-state index >= 15 is 0 Å². The summed E-state index contributed by atoms with van der Waals surface area (Å²) < 4.78 is 37.7. The van der Waals surface area contributed by atoms with Crippen molar-refractivity contribution in [3.63, 3.8) is 0 Å². The van der Waals surface area contributed by atoms with E-state index in [0.717, 1.165) is 19.4 Å². The number of esters is 3. The number of hydrogen-bond donors (Lipinski definition) is 1. The third kappa shape index (κ3) is 3.22. The van der Waals surface area contributed by atoms with Gasteiger partial charge in [-0.05, 0) is 43.6 Å². The van der Waals surface area contributed by atoms with Crippen LogP contribution >= 0.6 is 0 Å². The Morgan fingerprint density at radius 1 is 0.905 bits per heavy atom. The number of piperidine rings is 1. The smallest absolute Gasteiger partial charge is 0.303 e. The number of aliphatic hydroxyl groups is 1. The summed E-state index contributed by atoms with van der Waals surface area (Å²) in [5.41, 5.74) is -3.90. The number of carbonyl (C=O) groups excluding carboxylic acids is 3. The van der Waals surface area contributed by atoms with E-state index in [9.17, 15) is 19.5 Å². The van der Waals surface area contributed by atoms with E-state index in [0.29, 0.717) is 5.92 Å². The van der Waals surface area contributed by atoms with Gasteiger partial charge in [-0.3, -0.25) is 14.4 Å². The number of methoxy groups -OCH3 is 3. The highest BCUT2D eigenvalue weighted by atomic mass is 16.6. The van der Waals surface area contributed by atoms with Gasteiger partial charge >= 0.3 is 17.9 Å². The molecule has 0 aromatic rings. The monoisotopic (exact) mass is 593 g/mol. The molecule has 236 valence electrons.